The molecule has 1 amide bonds. The third-order valence-corrected chi connectivity index (χ3v) is 2.95. The molecule has 5 nitrogen and oxygen atoms in total. The zero-order valence-electron chi connectivity index (χ0n) is 10.6. The lowest BCUT2D eigenvalue weighted by molar-refractivity contribution is -0.136. The number of hydrogen-bond acceptors (Lipinski definition) is 3. The van der Waals surface area contributed by atoms with Gasteiger partial charge in [-0.25, -0.2) is 0 Å². The number of benzene rings is 1. The molecule has 0 saturated heterocycles. The van der Waals surface area contributed by atoms with Crippen LogP contribution in [0.4, 0.5) is 0 Å². The zero-order valence-corrected chi connectivity index (χ0v) is 12.2. The van der Waals surface area contributed by atoms with Crippen molar-refractivity contribution in [2.45, 2.75) is 19.8 Å². The summed E-state index contributed by atoms with van der Waals surface area (Å²) in [5.74, 6) is -0.464. The number of carboxylic acid groups (broad SMARTS) is 1. The molecule has 0 heterocycles. The van der Waals surface area contributed by atoms with Crippen molar-refractivity contribution in [2.24, 2.45) is 0 Å². The molecule has 0 unspecified atom stereocenters. The fourth-order valence-corrected chi connectivity index (χ4v) is 1.98. The summed E-state index contributed by atoms with van der Waals surface area (Å²) in [5, 5.41) is 10.9. The molecule has 0 aliphatic carbocycles. The van der Waals surface area contributed by atoms with E-state index in [-0.39, 0.29) is 31.9 Å². The quantitative estimate of drug-likeness (QED) is 0.803. The first-order valence-corrected chi connectivity index (χ1v) is 6.66. The molecule has 6 heteroatoms. The minimum atomic E-state index is -0.930. The van der Waals surface area contributed by atoms with Gasteiger partial charge in [0.25, 0.3) is 0 Å². The molecule has 0 aliphatic heterocycles. The second-order valence-electron chi connectivity index (χ2n) is 4.03. The molecular weight excluding hydrogens is 314 g/mol. The fourth-order valence-electron chi connectivity index (χ4n) is 1.37. The Balaban J connectivity index is 2.26. The van der Waals surface area contributed by atoms with Gasteiger partial charge in [0.05, 0.1) is 23.9 Å². The molecule has 0 atom stereocenters. The van der Waals surface area contributed by atoms with E-state index in [1.807, 2.05) is 25.1 Å². The Morgan fingerprint density at radius 2 is 2.11 bits per heavy atom. The summed E-state index contributed by atoms with van der Waals surface area (Å²) in [7, 11) is 0. The van der Waals surface area contributed by atoms with E-state index in [1.165, 1.54) is 0 Å². The molecule has 19 heavy (non-hydrogen) atoms. The highest BCUT2D eigenvalue weighted by Crippen LogP contribution is 2.25. The Bertz CT molecular complexity index is 462. The summed E-state index contributed by atoms with van der Waals surface area (Å²) in [4.78, 5) is 21.6. The van der Waals surface area contributed by atoms with Crippen molar-refractivity contribution in [2.75, 3.05) is 13.2 Å². The monoisotopic (exact) mass is 329 g/mol. The van der Waals surface area contributed by atoms with Gasteiger partial charge >= 0.3 is 5.97 Å². The van der Waals surface area contributed by atoms with Crippen molar-refractivity contribution in [3.63, 3.8) is 0 Å². The van der Waals surface area contributed by atoms with Gasteiger partial charge in [0.2, 0.25) is 5.91 Å². The number of carboxylic acids is 1. The lowest BCUT2D eigenvalue weighted by Gasteiger charge is -2.08. The molecule has 0 radical (unpaired) electrons. The highest BCUT2D eigenvalue weighted by atomic mass is 79.9. The van der Waals surface area contributed by atoms with Crippen LogP contribution < -0.4 is 10.1 Å². The maximum absolute atomic E-state index is 11.4. The van der Waals surface area contributed by atoms with Gasteiger partial charge in [-0.15, -0.1) is 0 Å². The highest BCUT2D eigenvalue weighted by molar-refractivity contribution is 9.10. The van der Waals surface area contributed by atoms with E-state index in [0.717, 1.165) is 10.0 Å². The number of aryl methyl sites for hydroxylation is 1. The SMILES string of the molecule is Cc1ccc(OCCC(=O)NCCC(=O)O)c(Br)c1. The predicted molar refractivity (Wildman–Crippen MR) is 74.3 cm³/mol. The van der Waals surface area contributed by atoms with Gasteiger partial charge < -0.3 is 15.2 Å². The summed E-state index contributed by atoms with van der Waals surface area (Å²) < 4.78 is 6.31. The van der Waals surface area contributed by atoms with E-state index >= 15 is 0 Å². The Morgan fingerprint density at radius 3 is 2.74 bits per heavy atom. The van der Waals surface area contributed by atoms with Crippen LogP contribution in [0.15, 0.2) is 22.7 Å². The molecule has 0 aliphatic rings. The van der Waals surface area contributed by atoms with Crippen LogP contribution in [0.5, 0.6) is 5.75 Å². The molecule has 0 bridgehead atoms. The molecule has 0 spiro atoms. The molecule has 1 rings (SSSR count). The van der Waals surface area contributed by atoms with Crippen molar-refractivity contribution in [1.29, 1.82) is 0 Å². The van der Waals surface area contributed by atoms with Crippen LogP contribution >= 0.6 is 15.9 Å². The summed E-state index contributed by atoms with van der Waals surface area (Å²) in [6.45, 7) is 2.37. The van der Waals surface area contributed by atoms with Crippen LogP contribution in [0.3, 0.4) is 0 Å². The van der Waals surface area contributed by atoms with E-state index in [1.54, 1.807) is 0 Å². The number of halogens is 1. The Morgan fingerprint density at radius 1 is 1.37 bits per heavy atom. The number of nitrogens with one attached hydrogen (secondary N) is 1. The van der Waals surface area contributed by atoms with E-state index in [9.17, 15) is 9.59 Å². The summed E-state index contributed by atoms with van der Waals surface area (Å²) >= 11 is 3.38. The largest absolute Gasteiger partial charge is 0.492 e. The molecule has 0 aromatic heterocycles. The minimum Gasteiger partial charge on any atom is -0.492 e. The first-order valence-electron chi connectivity index (χ1n) is 5.86. The molecule has 104 valence electrons. The first kappa shape index (κ1) is 15.5. The summed E-state index contributed by atoms with van der Waals surface area (Å²) in [6.07, 6.45) is 0.121. The normalized spacial score (nSPS) is 10.0. The van der Waals surface area contributed by atoms with Gasteiger partial charge in [-0.3, -0.25) is 9.59 Å². The summed E-state index contributed by atoms with van der Waals surface area (Å²) in [5.41, 5.74) is 1.12. The van der Waals surface area contributed by atoms with Crippen LogP contribution in [-0.4, -0.2) is 30.1 Å². The Labute approximate surface area is 120 Å². The minimum absolute atomic E-state index is 0.0733. The number of carbonyl (C=O) groups excluding carboxylic acids is 1. The average molecular weight is 330 g/mol. The highest BCUT2D eigenvalue weighted by Gasteiger charge is 2.05. The van der Waals surface area contributed by atoms with Gasteiger partial charge in [-0.2, -0.15) is 0 Å². The molecule has 1 aromatic rings. The van der Waals surface area contributed by atoms with Crippen LogP contribution in [0.2, 0.25) is 0 Å². The molecule has 2 N–H and O–H groups in total. The summed E-state index contributed by atoms with van der Waals surface area (Å²) in [6, 6.07) is 5.69. The first-order chi connectivity index (χ1) is 8.99. The fraction of sp³-hybridized carbons (Fsp3) is 0.385. The predicted octanol–water partition coefficient (Wildman–Crippen LogP) is 2.12. The van der Waals surface area contributed by atoms with Gasteiger partial charge in [-0.1, -0.05) is 6.07 Å². The third kappa shape index (κ3) is 6.24. The van der Waals surface area contributed by atoms with Crippen LogP contribution in [0.1, 0.15) is 18.4 Å². The van der Waals surface area contributed by atoms with Crippen LogP contribution in [0.25, 0.3) is 0 Å². The molecule has 0 fully saturated rings. The van der Waals surface area contributed by atoms with Crippen molar-refractivity contribution < 1.29 is 19.4 Å². The zero-order chi connectivity index (χ0) is 14.3. The second-order valence-corrected chi connectivity index (χ2v) is 4.88. The number of ether oxygens (including phenoxy) is 1. The van der Waals surface area contributed by atoms with Crippen molar-refractivity contribution in [1.82, 2.24) is 5.32 Å². The molecular formula is C13H16BrNO4. The number of rotatable bonds is 7. The maximum atomic E-state index is 11.4. The van der Waals surface area contributed by atoms with Crippen LogP contribution in [-0.2, 0) is 9.59 Å². The second kappa shape index (κ2) is 7.78. The van der Waals surface area contributed by atoms with Gasteiger partial charge in [0.1, 0.15) is 5.75 Å². The van der Waals surface area contributed by atoms with Gasteiger partial charge in [-0.05, 0) is 40.5 Å². The van der Waals surface area contributed by atoms with Crippen LogP contribution in [0, 0.1) is 6.92 Å². The van der Waals surface area contributed by atoms with Crippen molar-refractivity contribution >= 4 is 27.8 Å². The number of amides is 1. The van der Waals surface area contributed by atoms with E-state index < -0.39 is 5.97 Å². The number of hydrogen-bond donors (Lipinski definition) is 2. The smallest absolute Gasteiger partial charge is 0.305 e. The average Bonchev–Trinajstić information content (AvgIpc) is 2.31. The van der Waals surface area contributed by atoms with E-state index in [4.69, 9.17) is 9.84 Å². The lowest BCUT2D eigenvalue weighted by atomic mass is 10.2. The maximum Gasteiger partial charge on any atom is 0.305 e. The van der Waals surface area contributed by atoms with Gasteiger partial charge in [0, 0.05) is 6.54 Å². The third-order valence-electron chi connectivity index (χ3n) is 2.34. The lowest BCUT2D eigenvalue weighted by Crippen LogP contribution is -2.27. The molecule has 1 aromatic carbocycles. The number of carbonyl (C=O) groups is 2. The molecule has 0 saturated carbocycles. The Kier molecular flexibility index (Phi) is 6.35. The van der Waals surface area contributed by atoms with E-state index in [2.05, 4.69) is 21.2 Å². The van der Waals surface area contributed by atoms with E-state index in [0.29, 0.717) is 5.75 Å². The topological polar surface area (TPSA) is 75.6 Å². The Hall–Kier alpha value is -1.56. The van der Waals surface area contributed by atoms with Crippen molar-refractivity contribution in [3.05, 3.63) is 28.2 Å². The van der Waals surface area contributed by atoms with Gasteiger partial charge in [0.15, 0.2) is 0 Å². The van der Waals surface area contributed by atoms with Crippen molar-refractivity contribution in [3.8, 4) is 5.75 Å². The standard InChI is InChI=1S/C13H16BrNO4/c1-9-2-3-11(10(14)8-9)19-7-5-12(16)15-6-4-13(17)18/h2-3,8H,4-7H2,1H3,(H,15,16)(H,17,18). The number of aliphatic carboxylic acids is 1.